The molecule has 0 amide bonds. The van der Waals surface area contributed by atoms with Gasteiger partial charge in [-0.05, 0) is 22.4 Å². The molecule has 0 atom stereocenters. The number of hydrogen-bond donors (Lipinski definition) is 1. The number of aromatic nitrogens is 2. The zero-order valence-electron chi connectivity index (χ0n) is 12.6. The lowest BCUT2D eigenvalue weighted by Gasteiger charge is -2.09. The van der Waals surface area contributed by atoms with E-state index < -0.39 is 0 Å². The van der Waals surface area contributed by atoms with Gasteiger partial charge in [-0.3, -0.25) is 0 Å². The number of nitrogen functional groups attached to an aromatic ring is 1. The molecule has 0 unspecified atom stereocenters. The Kier molecular flexibility index (Phi) is 4.33. The lowest BCUT2D eigenvalue weighted by Crippen LogP contribution is -2.05. The van der Waals surface area contributed by atoms with Gasteiger partial charge in [0.2, 0.25) is 5.88 Å². The van der Waals surface area contributed by atoms with Gasteiger partial charge in [-0.2, -0.15) is 0 Å². The molecule has 116 valence electrons. The first kappa shape index (κ1) is 14.8. The lowest BCUT2D eigenvalue weighted by molar-refractivity contribution is 0.215. The van der Waals surface area contributed by atoms with Crippen molar-refractivity contribution >= 4 is 22.8 Å². The van der Waals surface area contributed by atoms with Gasteiger partial charge in [0.15, 0.2) is 0 Å². The van der Waals surface area contributed by atoms with Gasteiger partial charge in [0, 0.05) is 0 Å². The number of fused-ring (bicyclic) bond motifs is 1. The smallest absolute Gasteiger partial charge is 0.228 e. The third-order valence-electron chi connectivity index (χ3n) is 3.35. The number of ether oxygens (including phenoxy) is 1. The molecule has 0 radical (unpaired) electrons. The van der Waals surface area contributed by atoms with Crippen molar-refractivity contribution in [2.24, 2.45) is 5.16 Å². The van der Waals surface area contributed by atoms with E-state index in [1.165, 1.54) is 25.0 Å². The highest BCUT2D eigenvalue weighted by molar-refractivity contribution is 5.88. The van der Waals surface area contributed by atoms with Crippen LogP contribution in [0.5, 0.6) is 5.88 Å². The zero-order chi connectivity index (χ0) is 16.1. The Bertz CT molecular complexity index is 849. The molecular formula is C17H16N4O2. The minimum absolute atomic E-state index is 0.286. The predicted octanol–water partition coefficient (Wildman–Crippen LogP) is 2.77. The maximum absolute atomic E-state index is 5.83. The first-order valence-electron chi connectivity index (χ1n) is 7.05. The molecule has 1 heterocycles. The summed E-state index contributed by atoms with van der Waals surface area (Å²) in [5, 5.41) is 6.05. The summed E-state index contributed by atoms with van der Waals surface area (Å²) >= 11 is 0. The average Bonchev–Trinajstić information content (AvgIpc) is 2.59. The Balaban J connectivity index is 1.82. The van der Waals surface area contributed by atoms with Crippen LogP contribution in [0, 0.1) is 0 Å². The minimum Gasteiger partial charge on any atom is -0.472 e. The van der Waals surface area contributed by atoms with Crippen molar-refractivity contribution in [3.63, 3.8) is 0 Å². The van der Waals surface area contributed by atoms with Crippen molar-refractivity contribution in [2.75, 3.05) is 12.8 Å². The fraction of sp³-hybridized carbons (Fsp3) is 0.118. The molecule has 0 saturated heterocycles. The van der Waals surface area contributed by atoms with Crippen LogP contribution in [0.25, 0.3) is 10.8 Å². The van der Waals surface area contributed by atoms with Gasteiger partial charge < -0.3 is 15.3 Å². The van der Waals surface area contributed by atoms with Crippen LogP contribution in [0.1, 0.15) is 11.1 Å². The summed E-state index contributed by atoms with van der Waals surface area (Å²) < 4.78 is 5.77. The topological polar surface area (TPSA) is 82.6 Å². The first-order valence-corrected chi connectivity index (χ1v) is 7.05. The van der Waals surface area contributed by atoms with Crippen LogP contribution in [-0.4, -0.2) is 23.3 Å². The molecule has 0 saturated carbocycles. The summed E-state index contributed by atoms with van der Waals surface area (Å²) in [6, 6.07) is 14.3. The maximum Gasteiger partial charge on any atom is 0.228 e. The van der Waals surface area contributed by atoms with Gasteiger partial charge >= 0.3 is 0 Å². The third kappa shape index (κ3) is 3.37. The van der Waals surface area contributed by atoms with Crippen molar-refractivity contribution in [3.05, 3.63) is 59.9 Å². The highest BCUT2D eigenvalue weighted by Gasteiger charge is 2.09. The molecule has 0 bridgehead atoms. The van der Waals surface area contributed by atoms with Crippen LogP contribution >= 0.6 is 0 Å². The fourth-order valence-electron chi connectivity index (χ4n) is 2.21. The van der Waals surface area contributed by atoms with Gasteiger partial charge in [0.05, 0.1) is 6.21 Å². The van der Waals surface area contributed by atoms with Crippen molar-refractivity contribution in [2.45, 2.75) is 6.61 Å². The van der Waals surface area contributed by atoms with Crippen molar-refractivity contribution < 1.29 is 9.57 Å². The summed E-state index contributed by atoms with van der Waals surface area (Å²) in [5.74, 6) is 0.653. The van der Waals surface area contributed by atoms with E-state index in [-0.39, 0.29) is 5.82 Å². The first-order chi connectivity index (χ1) is 11.3. The van der Waals surface area contributed by atoms with Crippen molar-refractivity contribution in [3.8, 4) is 5.88 Å². The molecular weight excluding hydrogens is 292 g/mol. The van der Waals surface area contributed by atoms with E-state index in [9.17, 15) is 0 Å². The number of hydrogen-bond acceptors (Lipinski definition) is 6. The van der Waals surface area contributed by atoms with Crippen LogP contribution in [-0.2, 0) is 11.4 Å². The number of nitrogens with two attached hydrogens (primary N) is 1. The second-order valence-electron chi connectivity index (χ2n) is 4.86. The predicted molar refractivity (Wildman–Crippen MR) is 89.3 cm³/mol. The summed E-state index contributed by atoms with van der Waals surface area (Å²) in [4.78, 5) is 12.7. The molecule has 6 heteroatoms. The molecule has 3 rings (SSSR count). The van der Waals surface area contributed by atoms with Crippen LogP contribution in [0.15, 0.2) is 53.9 Å². The van der Waals surface area contributed by atoms with Crippen molar-refractivity contribution in [1.82, 2.24) is 9.97 Å². The number of benzene rings is 2. The van der Waals surface area contributed by atoms with E-state index in [0.29, 0.717) is 18.1 Å². The molecule has 0 spiro atoms. The highest BCUT2D eigenvalue weighted by Crippen LogP contribution is 2.20. The Morgan fingerprint density at radius 3 is 2.78 bits per heavy atom. The Labute approximate surface area is 133 Å². The second-order valence-corrected chi connectivity index (χ2v) is 4.86. The summed E-state index contributed by atoms with van der Waals surface area (Å²) in [6.07, 6.45) is 2.79. The standard InChI is InChI=1S/C17H16N4O2/c1-22-21-9-15-16(18)19-11-20-17(15)23-10-12-6-7-13-4-2-3-5-14(13)8-12/h2-9,11H,10H2,1H3,(H2,18,19,20). The molecule has 6 nitrogen and oxygen atoms in total. The molecule has 1 aromatic heterocycles. The molecule has 0 fully saturated rings. The largest absolute Gasteiger partial charge is 0.472 e. The van der Waals surface area contributed by atoms with E-state index in [1.54, 1.807) is 0 Å². The fourth-order valence-corrected chi connectivity index (χ4v) is 2.21. The average molecular weight is 308 g/mol. The second kappa shape index (κ2) is 6.74. The van der Waals surface area contributed by atoms with Gasteiger partial charge in [-0.25, -0.2) is 9.97 Å². The number of oxime groups is 1. The monoisotopic (exact) mass is 308 g/mol. The summed E-state index contributed by atoms with van der Waals surface area (Å²) in [5.41, 5.74) is 7.36. The molecule has 2 N–H and O–H groups in total. The van der Waals surface area contributed by atoms with E-state index in [4.69, 9.17) is 10.5 Å². The van der Waals surface area contributed by atoms with Gasteiger partial charge in [-0.15, -0.1) is 0 Å². The minimum atomic E-state index is 0.286. The van der Waals surface area contributed by atoms with Crippen LogP contribution in [0.4, 0.5) is 5.82 Å². The van der Waals surface area contributed by atoms with Gasteiger partial charge in [-0.1, -0.05) is 41.6 Å². The third-order valence-corrected chi connectivity index (χ3v) is 3.35. The highest BCUT2D eigenvalue weighted by atomic mass is 16.6. The Morgan fingerprint density at radius 2 is 1.96 bits per heavy atom. The normalized spacial score (nSPS) is 11.0. The molecule has 2 aromatic carbocycles. The van der Waals surface area contributed by atoms with Gasteiger partial charge in [0.1, 0.15) is 31.4 Å². The van der Waals surface area contributed by atoms with Crippen LogP contribution < -0.4 is 10.5 Å². The van der Waals surface area contributed by atoms with Gasteiger partial charge in [0.25, 0.3) is 0 Å². The van der Waals surface area contributed by atoms with Crippen molar-refractivity contribution in [1.29, 1.82) is 0 Å². The molecule has 0 aliphatic rings. The Hall–Kier alpha value is -3.15. The van der Waals surface area contributed by atoms with E-state index in [0.717, 1.165) is 10.9 Å². The number of anilines is 1. The lowest BCUT2D eigenvalue weighted by atomic mass is 10.1. The molecule has 0 aliphatic heterocycles. The van der Waals surface area contributed by atoms with Crippen LogP contribution in [0.2, 0.25) is 0 Å². The maximum atomic E-state index is 5.83. The molecule has 0 aliphatic carbocycles. The van der Waals surface area contributed by atoms with E-state index >= 15 is 0 Å². The summed E-state index contributed by atoms with van der Waals surface area (Å²) in [6.45, 7) is 0.370. The van der Waals surface area contributed by atoms with E-state index in [2.05, 4.69) is 44.2 Å². The Morgan fingerprint density at radius 1 is 1.13 bits per heavy atom. The summed E-state index contributed by atoms with van der Waals surface area (Å²) in [7, 11) is 1.45. The number of nitrogens with zero attached hydrogens (tertiary/aromatic N) is 3. The van der Waals surface area contributed by atoms with E-state index in [1.807, 2.05) is 18.2 Å². The molecule has 3 aromatic rings. The van der Waals surface area contributed by atoms with Crippen LogP contribution in [0.3, 0.4) is 0 Å². The molecule has 23 heavy (non-hydrogen) atoms. The zero-order valence-corrected chi connectivity index (χ0v) is 12.6. The number of rotatable bonds is 5. The quantitative estimate of drug-likeness (QED) is 0.579. The SMILES string of the molecule is CON=Cc1c(N)ncnc1OCc1ccc2ccccc2c1.